The van der Waals surface area contributed by atoms with Crippen molar-refractivity contribution in [3.8, 4) is 0 Å². The number of hydrogen-bond donors (Lipinski definition) is 2. The predicted octanol–water partition coefficient (Wildman–Crippen LogP) is -0.0196. The maximum absolute atomic E-state index is 11.3. The van der Waals surface area contributed by atoms with Crippen LogP contribution in [0.3, 0.4) is 0 Å². The summed E-state index contributed by atoms with van der Waals surface area (Å²) in [5, 5.41) is 11.2. The summed E-state index contributed by atoms with van der Waals surface area (Å²) in [6.07, 6.45) is 0. The molecule has 1 amide bonds. The Bertz CT molecular complexity index is 265. The predicted molar refractivity (Wildman–Crippen MR) is 58.0 cm³/mol. The molecule has 0 spiro atoms. The zero-order chi connectivity index (χ0) is 12.0. The van der Waals surface area contributed by atoms with Crippen LogP contribution in [0.25, 0.3) is 0 Å². The minimum atomic E-state index is -1.41. The molecule has 88 valence electrons. The van der Waals surface area contributed by atoms with Crippen LogP contribution in [0.5, 0.6) is 0 Å². The summed E-state index contributed by atoms with van der Waals surface area (Å²) >= 11 is 0. The largest absolute Gasteiger partial charge is 0.481 e. The third-order valence-corrected chi connectivity index (χ3v) is 3.06. The lowest BCUT2D eigenvalue weighted by Gasteiger charge is -2.09. The quantitative estimate of drug-likeness (QED) is 0.677. The smallest absolute Gasteiger partial charge is 0.307 e. The zero-order valence-electron chi connectivity index (χ0n) is 9.15. The molecule has 0 aromatic carbocycles. The van der Waals surface area contributed by atoms with E-state index < -0.39 is 22.7 Å². The van der Waals surface area contributed by atoms with Gasteiger partial charge in [-0.15, -0.1) is 0 Å². The summed E-state index contributed by atoms with van der Waals surface area (Å²) in [5.74, 6) is -2.09. The molecule has 0 aliphatic rings. The number of amides is 1. The first kappa shape index (κ1) is 14.1. The maximum Gasteiger partial charge on any atom is 0.307 e. The van der Waals surface area contributed by atoms with Crippen LogP contribution in [-0.2, 0) is 20.4 Å². The fourth-order valence-electron chi connectivity index (χ4n) is 0.919. The second-order valence-corrected chi connectivity index (χ2v) is 5.21. The van der Waals surface area contributed by atoms with E-state index in [0.717, 1.165) is 0 Å². The first-order chi connectivity index (χ1) is 6.82. The van der Waals surface area contributed by atoms with E-state index in [1.54, 1.807) is 13.8 Å². The molecule has 0 saturated heterocycles. The first-order valence-corrected chi connectivity index (χ1v) is 6.19. The van der Waals surface area contributed by atoms with Gasteiger partial charge in [-0.2, -0.15) is 0 Å². The van der Waals surface area contributed by atoms with Crippen molar-refractivity contribution >= 4 is 22.7 Å². The van der Waals surface area contributed by atoms with Crippen molar-refractivity contribution in [3.63, 3.8) is 0 Å². The molecule has 0 aliphatic heterocycles. The Morgan fingerprint density at radius 3 is 2.27 bits per heavy atom. The van der Waals surface area contributed by atoms with Crippen LogP contribution in [-0.4, -0.2) is 38.7 Å². The van der Waals surface area contributed by atoms with E-state index in [4.69, 9.17) is 5.11 Å². The number of aliphatic carboxylic acids is 1. The van der Waals surface area contributed by atoms with Crippen molar-refractivity contribution in [2.24, 2.45) is 5.92 Å². The Balaban J connectivity index is 3.94. The van der Waals surface area contributed by atoms with E-state index in [2.05, 4.69) is 5.32 Å². The second-order valence-electron chi connectivity index (χ2n) is 3.71. The molecule has 0 bridgehead atoms. The maximum atomic E-state index is 11.3. The van der Waals surface area contributed by atoms with Crippen LogP contribution in [0.4, 0.5) is 0 Å². The van der Waals surface area contributed by atoms with E-state index >= 15 is 0 Å². The lowest BCUT2D eigenvalue weighted by Crippen LogP contribution is -2.35. The molecule has 0 fully saturated rings. The number of carbonyl (C=O) groups is 2. The van der Waals surface area contributed by atoms with Gasteiger partial charge in [0.25, 0.3) is 0 Å². The van der Waals surface area contributed by atoms with Crippen molar-refractivity contribution in [1.82, 2.24) is 5.32 Å². The van der Waals surface area contributed by atoms with Crippen molar-refractivity contribution in [1.29, 1.82) is 0 Å². The summed E-state index contributed by atoms with van der Waals surface area (Å²) in [4.78, 5) is 21.6. The standard InChI is InChI=1S/C9H17NO4S/c1-6(2)10-8(11)5-15(14)4-7(3)9(12)13/h6-7H,4-5H2,1-3H3,(H,10,11)(H,12,13). The lowest BCUT2D eigenvalue weighted by atomic mass is 10.2. The number of carboxylic acids is 1. The van der Waals surface area contributed by atoms with Gasteiger partial charge in [0.05, 0.1) is 5.92 Å². The highest BCUT2D eigenvalue weighted by Gasteiger charge is 2.17. The van der Waals surface area contributed by atoms with Crippen LogP contribution in [0.1, 0.15) is 20.8 Å². The Morgan fingerprint density at radius 2 is 1.87 bits per heavy atom. The first-order valence-electron chi connectivity index (χ1n) is 4.70. The van der Waals surface area contributed by atoms with Crippen molar-refractivity contribution in [2.75, 3.05) is 11.5 Å². The van der Waals surface area contributed by atoms with Gasteiger partial charge in [0.2, 0.25) is 5.91 Å². The Kier molecular flexibility index (Phi) is 6.15. The minimum Gasteiger partial charge on any atom is -0.481 e. The molecule has 0 heterocycles. The van der Waals surface area contributed by atoms with Gasteiger partial charge < -0.3 is 10.4 Å². The number of carbonyl (C=O) groups excluding carboxylic acids is 1. The number of hydrogen-bond acceptors (Lipinski definition) is 3. The molecule has 0 aliphatic carbocycles. The molecule has 2 N–H and O–H groups in total. The summed E-state index contributed by atoms with van der Waals surface area (Å²) in [7, 11) is -1.41. The molecular formula is C9H17NO4S. The van der Waals surface area contributed by atoms with Gasteiger partial charge in [-0.1, -0.05) is 6.92 Å². The fraction of sp³-hybridized carbons (Fsp3) is 0.778. The average molecular weight is 235 g/mol. The van der Waals surface area contributed by atoms with Gasteiger partial charge in [0, 0.05) is 22.6 Å². The Labute approximate surface area is 91.7 Å². The highest BCUT2D eigenvalue weighted by Crippen LogP contribution is 1.98. The third kappa shape index (κ3) is 7.07. The normalized spacial score (nSPS) is 14.7. The summed E-state index contributed by atoms with van der Waals surface area (Å²) in [6, 6.07) is 0.00592. The van der Waals surface area contributed by atoms with Crippen LogP contribution in [0.15, 0.2) is 0 Å². The molecule has 0 radical (unpaired) electrons. The summed E-state index contributed by atoms with van der Waals surface area (Å²) < 4.78 is 11.3. The van der Waals surface area contributed by atoms with Crippen LogP contribution >= 0.6 is 0 Å². The monoisotopic (exact) mass is 235 g/mol. The van der Waals surface area contributed by atoms with Crippen LogP contribution < -0.4 is 5.32 Å². The van der Waals surface area contributed by atoms with Crippen molar-refractivity contribution in [3.05, 3.63) is 0 Å². The van der Waals surface area contributed by atoms with Crippen LogP contribution in [0, 0.1) is 5.92 Å². The molecule has 0 aromatic rings. The van der Waals surface area contributed by atoms with Crippen LogP contribution in [0.2, 0.25) is 0 Å². The van der Waals surface area contributed by atoms with E-state index in [9.17, 15) is 13.8 Å². The average Bonchev–Trinajstić information content (AvgIpc) is 2.00. The Hall–Kier alpha value is -0.910. The van der Waals surface area contributed by atoms with Gasteiger partial charge in [0.1, 0.15) is 5.75 Å². The van der Waals surface area contributed by atoms with E-state index in [1.165, 1.54) is 6.92 Å². The molecule has 0 saturated carbocycles. The third-order valence-electron chi connectivity index (χ3n) is 1.60. The van der Waals surface area contributed by atoms with Gasteiger partial charge in [0.15, 0.2) is 0 Å². The van der Waals surface area contributed by atoms with Gasteiger partial charge in [-0.3, -0.25) is 13.8 Å². The van der Waals surface area contributed by atoms with E-state index in [-0.39, 0.29) is 23.5 Å². The van der Waals surface area contributed by atoms with Crippen molar-refractivity contribution < 1.29 is 18.9 Å². The zero-order valence-corrected chi connectivity index (χ0v) is 9.97. The Morgan fingerprint density at radius 1 is 1.33 bits per heavy atom. The van der Waals surface area contributed by atoms with Gasteiger partial charge >= 0.3 is 5.97 Å². The van der Waals surface area contributed by atoms with Crippen molar-refractivity contribution in [2.45, 2.75) is 26.8 Å². The summed E-state index contributed by atoms with van der Waals surface area (Å²) in [6.45, 7) is 5.09. The van der Waals surface area contributed by atoms with Gasteiger partial charge in [-0.05, 0) is 13.8 Å². The van der Waals surface area contributed by atoms with Gasteiger partial charge in [-0.25, -0.2) is 0 Å². The molecule has 2 unspecified atom stereocenters. The lowest BCUT2D eigenvalue weighted by molar-refractivity contribution is -0.140. The number of nitrogens with one attached hydrogen (secondary N) is 1. The molecule has 2 atom stereocenters. The molecule has 15 heavy (non-hydrogen) atoms. The highest BCUT2D eigenvalue weighted by molar-refractivity contribution is 7.85. The molecule has 0 aromatic heterocycles. The fourth-order valence-corrected chi connectivity index (χ4v) is 2.11. The highest BCUT2D eigenvalue weighted by atomic mass is 32.2. The number of carboxylic acid groups (broad SMARTS) is 1. The molecular weight excluding hydrogens is 218 g/mol. The number of rotatable bonds is 6. The molecule has 5 nitrogen and oxygen atoms in total. The summed E-state index contributed by atoms with van der Waals surface area (Å²) in [5.41, 5.74) is 0. The van der Waals surface area contributed by atoms with E-state index in [0.29, 0.717) is 0 Å². The van der Waals surface area contributed by atoms with E-state index in [1.807, 2.05) is 0 Å². The second kappa shape index (κ2) is 6.55. The SMILES string of the molecule is CC(C)NC(=O)CS(=O)CC(C)C(=O)O. The molecule has 6 heteroatoms. The minimum absolute atomic E-state index is 0.00592. The molecule has 0 rings (SSSR count). The topological polar surface area (TPSA) is 83.5 Å².